The third kappa shape index (κ3) is 6.40. The number of halogens is 1. The van der Waals surface area contributed by atoms with Crippen LogP contribution in [0.15, 0.2) is 21.8 Å². The van der Waals surface area contributed by atoms with Crippen LogP contribution in [0, 0.1) is 5.41 Å². The van der Waals surface area contributed by atoms with Crippen LogP contribution in [0.5, 0.6) is 0 Å². The average Bonchev–Trinajstić information content (AvgIpc) is 3.25. The normalized spacial score (nSPS) is 21.8. The molecule has 0 unspecified atom stereocenters. The number of hydrogen-bond acceptors (Lipinski definition) is 3. The maximum Gasteiger partial charge on any atom is 0.191 e. The fraction of sp³-hybridized carbons (Fsp3) is 0.737. The first-order valence-corrected chi connectivity index (χ1v) is 10.3. The Morgan fingerprint density at radius 3 is 2.64 bits per heavy atom. The zero-order valence-electron chi connectivity index (χ0n) is 15.6. The van der Waals surface area contributed by atoms with Crippen molar-refractivity contribution in [2.45, 2.75) is 58.0 Å². The van der Waals surface area contributed by atoms with Gasteiger partial charge in [0.15, 0.2) is 5.96 Å². The number of nitrogens with zero attached hydrogens (tertiary/aromatic N) is 2. The molecule has 4 nitrogen and oxygen atoms in total. The second-order valence-electron chi connectivity index (χ2n) is 7.77. The van der Waals surface area contributed by atoms with Crippen molar-refractivity contribution in [3.05, 3.63) is 22.4 Å². The second kappa shape index (κ2) is 10.1. The number of nitrogens with one attached hydrogen (secondary N) is 2. The quantitative estimate of drug-likeness (QED) is 0.382. The number of likely N-dealkylation sites (tertiary alicyclic amines) is 1. The van der Waals surface area contributed by atoms with Gasteiger partial charge in [-0.1, -0.05) is 19.8 Å². The highest BCUT2D eigenvalue weighted by Crippen LogP contribution is 2.36. The summed E-state index contributed by atoms with van der Waals surface area (Å²) in [7, 11) is 1.89. The van der Waals surface area contributed by atoms with Gasteiger partial charge in [0, 0.05) is 39.3 Å². The van der Waals surface area contributed by atoms with Crippen LogP contribution in [0.3, 0.4) is 0 Å². The Morgan fingerprint density at radius 2 is 2.04 bits per heavy atom. The summed E-state index contributed by atoms with van der Waals surface area (Å²) in [6.07, 6.45) is 7.85. The van der Waals surface area contributed by atoms with Crippen molar-refractivity contribution < 1.29 is 0 Å². The van der Waals surface area contributed by atoms with E-state index in [1.807, 2.05) is 7.05 Å². The summed E-state index contributed by atoms with van der Waals surface area (Å²) in [5.41, 5.74) is 1.91. The molecule has 0 radical (unpaired) electrons. The Balaban J connectivity index is 0.00000225. The van der Waals surface area contributed by atoms with E-state index < -0.39 is 0 Å². The van der Waals surface area contributed by atoms with Gasteiger partial charge >= 0.3 is 0 Å². The summed E-state index contributed by atoms with van der Waals surface area (Å²) in [4.78, 5) is 7.00. The molecule has 6 heteroatoms. The molecule has 1 aliphatic carbocycles. The first kappa shape index (κ1) is 21.0. The fourth-order valence-electron chi connectivity index (χ4n) is 3.97. The number of aliphatic imine (C=N–C) groups is 1. The van der Waals surface area contributed by atoms with Crippen molar-refractivity contribution in [1.82, 2.24) is 15.5 Å². The van der Waals surface area contributed by atoms with E-state index >= 15 is 0 Å². The molecule has 1 aliphatic heterocycles. The number of piperidine rings is 1. The van der Waals surface area contributed by atoms with Crippen LogP contribution in [0.1, 0.15) is 51.0 Å². The summed E-state index contributed by atoms with van der Waals surface area (Å²) in [6, 6.07) is 2.79. The maximum absolute atomic E-state index is 4.44. The van der Waals surface area contributed by atoms with Gasteiger partial charge in [0.1, 0.15) is 0 Å². The predicted molar refractivity (Wildman–Crippen MR) is 119 cm³/mol. The van der Waals surface area contributed by atoms with Crippen LogP contribution in [0.25, 0.3) is 0 Å². The van der Waals surface area contributed by atoms with E-state index in [1.54, 1.807) is 11.3 Å². The highest BCUT2D eigenvalue weighted by Gasteiger charge is 2.29. The molecule has 1 aromatic heterocycles. The number of thiophene rings is 1. The minimum Gasteiger partial charge on any atom is -0.356 e. The van der Waals surface area contributed by atoms with Gasteiger partial charge in [-0.2, -0.15) is 11.3 Å². The summed E-state index contributed by atoms with van der Waals surface area (Å²) >= 11 is 1.79. The molecule has 2 fully saturated rings. The van der Waals surface area contributed by atoms with Crippen molar-refractivity contribution in [3.63, 3.8) is 0 Å². The zero-order chi connectivity index (χ0) is 16.8. The van der Waals surface area contributed by atoms with Crippen LogP contribution in [0.2, 0.25) is 0 Å². The summed E-state index contributed by atoms with van der Waals surface area (Å²) in [5, 5.41) is 11.6. The van der Waals surface area contributed by atoms with Gasteiger partial charge in [0.05, 0.1) is 0 Å². The standard InChI is InChI=1S/C19H32N4S.HI/c1-19(8-3-4-9-19)15-21-18(20-2)22-17-5-10-23(11-6-17)13-16-7-12-24-14-16;/h7,12,14,17H,3-6,8-11,13,15H2,1-2H3,(H2,20,21,22);1H. The van der Waals surface area contributed by atoms with Gasteiger partial charge < -0.3 is 10.6 Å². The van der Waals surface area contributed by atoms with E-state index in [4.69, 9.17) is 0 Å². The lowest BCUT2D eigenvalue weighted by molar-refractivity contribution is 0.198. The Morgan fingerprint density at radius 1 is 1.32 bits per heavy atom. The van der Waals surface area contributed by atoms with Gasteiger partial charge in [-0.3, -0.25) is 9.89 Å². The Bertz CT molecular complexity index is 518. The lowest BCUT2D eigenvalue weighted by atomic mass is 9.89. The molecule has 2 heterocycles. The van der Waals surface area contributed by atoms with E-state index in [2.05, 4.69) is 44.3 Å². The highest BCUT2D eigenvalue weighted by molar-refractivity contribution is 14.0. The summed E-state index contributed by atoms with van der Waals surface area (Å²) < 4.78 is 0. The second-order valence-corrected chi connectivity index (χ2v) is 8.55. The Hall–Kier alpha value is -0.340. The molecule has 1 saturated carbocycles. The van der Waals surface area contributed by atoms with Crippen molar-refractivity contribution >= 4 is 41.3 Å². The molecule has 0 amide bonds. The third-order valence-electron chi connectivity index (χ3n) is 5.63. The smallest absolute Gasteiger partial charge is 0.191 e. The molecular formula is C19H33IN4S. The van der Waals surface area contributed by atoms with E-state index in [9.17, 15) is 0 Å². The molecular weight excluding hydrogens is 443 g/mol. The van der Waals surface area contributed by atoms with Crippen molar-refractivity contribution in [2.24, 2.45) is 10.4 Å². The molecule has 2 aliphatic rings. The number of rotatable bonds is 5. The lowest BCUT2D eigenvalue weighted by Crippen LogP contribution is -2.50. The van der Waals surface area contributed by atoms with Gasteiger partial charge in [0.2, 0.25) is 0 Å². The van der Waals surface area contributed by atoms with E-state index in [1.165, 1.54) is 57.2 Å². The molecule has 25 heavy (non-hydrogen) atoms. The average molecular weight is 476 g/mol. The van der Waals surface area contributed by atoms with Gasteiger partial charge in [-0.25, -0.2) is 0 Å². The van der Waals surface area contributed by atoms with Crippen molar-refractivity contribution in [3.8, 4) is 0 Å². The summed E-state index contributed by atoms with van der Waals surface area (Å²) in [6.45, 7) is 6.89. The molecule has 0 aromatic carbocycles. The molecule has 1 aromatic rings. The highest BCUT2D eigenvalue weighted by atomic mass is 127. The minimum absolute atomic E-state index is 0. The largest absolute Gasteiger partial charge is 0.356 e. The van der Waals surface area contributed by atoms with Gasteiger partial charge in [-0.15, -0.1) is 24.0 Å². The Labute approximate surface area is 173 Å². The van der Waals surface area contributed by atoms with E-state index in [0.29, 0.717) is 11.5 Å². The van der Waals surface area contributed by atoms with Crippen LogP contribution >= 0.6 is 35.3 Å². The minimum atomic E-state index is 0. The molecule has 1 saturated heterocycles. The van der Waals surface area contributed by atoms with Crippen LogP contribution in [-0.2, 0) is 6.54 Å². The monoisotopic (exact) mass is 476 g/mol. The lowest BCUT2D eigenvalue weighted by Gasteiger charge is -2.33. The first-order chi connectivity index (χ1) is 11.7. The van der Waals surface area contributed by atoms with Crippen LogP contribution in [-0.4, -0.2) is 43.6 Å². The maximum atomic E-state index is 4.44. The Kier molecular flexibility index (Phi) is 8.48. The molecule has 0 atom stereocenters. The molecule has 2 N–H and O–H groups in total. The topological polar surface area (TPSA) is 39.7 Å². The van der Waals surface area contributed by atoms with Crippen LogP contribution < -0.4 is 10.6 Å². The zero-order valence-corrected chi connectivity index (χ0v) is 18.7. The van der Waals surface area contributed by atoms with Crippen LogP contribution in [0.4, 0.5) is 0 Å². The molecule has 142 valence electrons. The molecule has 0 spiro atoms. The van der Waals surface area contributed by atoms with Crippen molar-refractivity contribution in [2.75, 3.05) is 26.7 Å². The van der Waals surface area contributed by atoms with Gasteiger partial charge in [0.25, 0.3) is 0 Å². The fourth-order valence-corrected chi connectivity index (χ4v) is 4.63. The van der Waals surface area contributed by atoms with E-state index in [0.717, 1.165) is 19.0 Å². The predicted octanol–water partition coefficient (Wildman–Crippen LogP) is 4.08. The number of hydrogen-bond donors (Lipinski definition) is 2. The molecule has 3 rings (SSSR count). The first-order valence-electron chi connectivity index (χ1n) is 9.37. The molecule has 0 bridgehead atoms. The van der Waals surface area contributed by atoms with Gasteiger partial charge in [-0.05, 0) is 53.5 Å². The third-order valence-corrected chi connectivity index (χ3v) is 6.36. The summed E-state index contributed by atoms with van der Waals surface area (Å²) in [5.74, 6) is 0.986. The van der Waals surface area contributed by atoms with E-state index in [-0.39, 0.29) is 24.0 Å². The SMILES string of the molecule is CN=C(NCC1(C)CCCC1)NC1CCN(Cc2ccsc2)CC1.I. The van der Waals surface area contributed by atoms with Crippen molar-refractivity contribution in [1.29, 1.82) is 0 Å². The number of guanidine groups is 1.